The Balaban J connectivity index is 2.20. The van der Waals surface area contributed by atoms with Crippen LogP contribution in [-0.4, -0.2) is 36.9 Å². The third-order valence-corrected chi connectivity index (χ3v) is 3.81. The second kappa shape index (κ2) is 6.61. The Morgan fingerprint density at radius 3 is 2.45 bits per heavy atom. The van der Waals surface area contributed by atoms with E-state index in [1.165, 1.54) is 6.26 Å². The highest BCUT2D eigenvalue weighted by atomic mass is 32.2. The van der Waals surface area contributed by atoms with Crippen LogP contribution in [0.2, 0.25) is 0 Å². The molecule has 1 aromatic carbocycles. The van der Waals surface area contributed by atoms with Crippen molar-refractivity contribution >= 4 is 21.3 Å². The lowest BCUT2D eigenvalue weighted by Gasteiger charge is -2.08. The van der Waals surface area contributed by atoms with Crippen LogP contribution in [-0.2, 0) is 9.84 Å². The maximum absolute atomic E-state index is 11.1. The van der Waals surface area contributed by atoms with Crippen molar-refractivity contribution in [2.75, 3.05) is 23.9 Å². The van der Waals surface area contributed by atoms with Gasteiger partial charge in [0.25, 0.3) is 0 Å². The monoisotopic (exact) mass is 320 g/mol. The Hall–Kier alpha value is -2.35. The Morgan fingerprint density at radius 2 is 1.86 bits per heavy atom. The first-order valence-corrected chi connectivity index (χ1v) is 8.64. The van der Waals surface area contributed by atoms with Gasteiger partial charge in [0.15, 0.2) is 5.82 Å². The van der Waals surface area contributed by atoms with Crippen molar-refractivity contribution in [2.24, 2.45) is 5.18 Å². The number of hydrogen-bond donors (Lipinski definition) is 1. The highest BCUT2D eigenvalue weighted by Gasteiger charge is 2.07. The van der Waals surface area contributed by atoms with Gasteiger partial charge < -0.3 is 5.32 Å². The number of aryl methyl sites for hydroxylation is 1. The molecule has 1 aromatic heterocycles. The van der Waals surface area contributed by atoms with Crippen LogP contribution in [0.15, 0.2) is 35.5 Å². The molecule has 0 bridgehead atoms. The fourth-order valence-electron chi connectivity index (χ4n) is 1.82. The molecule has 0 atom stereocenters. The van der Waals surface area contributed by atoms with Crippen molar-refractivity contribution in [1.29, 1.82) is 0 Å². The van der Waals surface area contributed by atoms with Crippen LogP contribution in [0.1, 0.15) is 5.69 Å². The first-order valence-electron chi connectivity index (χ1n) is 6.58. The molecule has 8 heteroatoms. The van der Waals surface area contributed by atoms with Gasteiger partial charge in [0, 0.05) is 30.1 Å². The van der Waals surface area contributed by atoms with Crippen molar-refractivity contribution in [2.45, 2.75) is 6.92 Å². The summed E-state index contributed by atoms with van der Waals surface area (Å²) in [5.74, 6) is 1.09. The summed E-state index contributed by atoms with van der Waals surface area (Å²) < 4.78 is 22.3. The molecule has 2 aromatic rings. The first kappa shape index (κ1) is 16.0. The summed E-state index contributed by atoms with van der Waals surface area (Å²) in [5.41, 5.74) is 1.84. The zero-order chi connectivity index (χ0) is 16.2. The molecular formula is C14H16N4O3S. The van der Waals surface area contributed by atoms with E-state index in [1.807, 2.05) is 6.92 Å². The van der Waals surface area contributed by atoms with E-state index in [-0.39, 0.29) is 12.3 Å². The second-order valence-corrected chi connectivity index (χ2v) is 7.17. The molecule has 116 valence electrons. The fourth-order valence-corrected chi connectivity index (χ4v) is 2.30. The van der Waals surface area contributed by atoms with Gasteiger partial charge in [-0.05, 0) is 36.4 Å². The topological polar surface area (TPSA) is 101 Å². The average Bonchev–Trinajstić information content (AvgIpc) is 2.45. The predicted molar refractivity (Wildman–Crippen MR) is 85.9 cm³/mol. The molecule has 22 heavy (non-hydrogen) atoms. The molecule has 7 nitrogen and oxygen atoms in total. The summed E-state index contributed by atoms with van der Waals surface area (Å²) in [6, 6.07) is 8.35. The molecule has 0 aliphatic rings. The number of nitrogens with one attached hydrogen (secondary N) is 1. The summed E-state index contributed by atoms with van der Waals surface area (Å²) in [7, 11) is -3.02. The van der Waals surface area contributed by atoms with E-state index in [2.05, 4.69) is 20.5 Å². The molecule has 1 N–H and O–H groups in total. The van der Waals surface area contributed by atoms with E-state index in [0.29, 0.717) is 17.3 Å². The predicted octanol–water partition coefficient (Wildman–Crippen LogP) is 2.31. The van der Waals surface area contributed by atoms with E-state index in [1.54, 1.807) is 30.3 Å². The van der Waals surface area contributed by atoms with Gasteiger partial charge in [-0.25, -0.2) is 18.4 Å². The Labute approximate surface area is 128 Å². The summed E-state index contributed by atoms with van der Waals surface area (Å²) in [6.07, 6.45) is 1.19. The lowest BCUT2D eigenvalue weighted by atomic mass is 10.2. The van der Waals surface area contributed by atoms with Gasteiger partial charge in [0.05, 0.1) is 5.75 Å². The molecule has 0 spiro atoms. The summed E-state index contributed by atoms with van der Waals surface area (Å²) >= 11 is 0. The van der Waals surface area contributed by atoms with Crippen LogP contribution < -0.4 is 5.32 Å². The number of benzene rings is 1. The highest BCUT2D eigenvalue weighted by Crippen LogP contribution is 2.21. The zero-order valence-corrected chi connectivity index (χ0v) is 13.1. The first-order chi connectivity index (χ1) is 10.4. The number of nitrogens with zero attached hydrogens (tertiary/aromatic N) is 3. The van der Waals surface area contributed by atoms with E-state index < -0.39 is 9.84 Å². The number of rotatable bonds is 6. The van der Waals surface area contributed by atoms with Gasteiger partial charge >= 0.3 is 0 Å². The molecule has 1 heterocycles. The van der Waals surface area contributed by atoms with E-state index >= 15 is 0 Å². The van der Waals surface area contributed by atoms with Gasteiger partial charge in [0.2, 0.25) is 0 Å². The molecule has 0 saturated heterocycles. The molecule has 0 amide bonds. The van der Waals surface area contributed by atoms with Crippen molar-refractivity contribution in [3.8, 4) is 11.4 Å². The van der Waals surface area contributed by atoms with Crippen LogP contribution in [0.25, 0.3) is 11.4 Å². The number of hydrogen-bond acceptors (Lipinski definition) is 7. The van der Waals surface area contributed by atoms with Crippen molar-refractivity contribution in [1.82, 2.24) is 9.97 Å². The standard InChI is InChI=1S/C14H16N4O3S/c1-10-9-13(15-7-8-22(2,20)21)17-14(16-10)11-3-5-12(18-19)6-4-11/h3-6,9H,7-8H2,1-2H3,(H,15,16,17). The molecule has 0 fully saturated rings. The van der Waals surface area contributed by atoms with E-state index in [9.17, 15) is 13.3 Å². The lowest BCUT2D eigenvalue weighted by molar-refractivity contribution is 0.602. The maximum Gasteiger partial charge on any atom is 0.161 e. The van der Waals surface area contributed by atoms with Crippen molar-refractivity contribution < 1.29 is 8.42 Å². The largest absolute Gasteiger partial charge is 0.369 e. The van der Waals surface area contributed by atoms with Crippen LogP contribution in [0.3, 0.4) is 0 Å². The Bertz CT molecular complexity index is 773. The SMILES string of the molecule is Cc1cc(NCCS(C)(=O)=O)nc(-c2ccc(N=O)cc2)n1. The van der Waals surface area contributed by atoms with Crippen LogP contribution in [0.5, 0.6) is 0 Å². The molecule has 0 unspecified atom stereocenters. The summed E-state index contributed by atoms with van der Waals surface area (Å²) in [5, 5.41) is 5.82. The molecule has 2 rings (SSSR count). The number of sulfone groups is 1. The van der Waals surface area contributed by atoms with Crippen molar-refractivity contribution in [3.63, 3.8) is 0 Å². The maximum atomic E-state index is 11.1. The van der Waals surface area contributed by atoms with Gasteiger partial charge in [0.1, 0.15) is 21.3 Å². The van der Waals surface area contributed by atoms with E-state index in [4.69, 9.17) is 0 Å². The van der Waals surface area contributed by atoms with E-state index in [0.717, 1.165) is 11.3 Å². The van der Waals surface area contributed by atoms with Gasteiger partial charge in [-0.3, -0.25) is 0 Å². The smallest absolute Gasteiger partial charge is 0.161 e. The third-order valence-electron chi connectivity index (χ3n) is 2.86. The van der Waals surface area contributed by atoms with Crippen LogP contribution >= 0.6 is 0 Å². The van der Waals surface area contributed by atoms with Crippen molar-refractivity contribution in [3.05, 3.63) is 40.9 Å². The molecule has 0 aliphatic heterocycles. The minimum Gasteiger partial charge on any atom is -0.369 e. The summed E-state index contributed by atoms with van der Waals surface area (Å²) in [4.78, 5) is 19.1. The number of anilines is 1. The Kier molecular flexibility index (Phi) is 4.81. The van der Waals surface area contributed by atoms with Gasteiger partial charge in [-0.2, -0.15) is 0 Å². The van der Waals surface area contributed by atoms with Gasteiger partial charge in [-0.1, -0.05) is 0 Å². The fraction of sp³-hybridized carbons (Fsp3) is 0.286. The molecule has 0 aliphatic carbocycles. The minimum atomic E-state index is -3.02. The summed E-state index contributed by atoms with van der Waals surface area (Å²) in [6.45, 7) is 2.11. The normalized spacial score (nSPS) is 11.2. The van der Waals surface area contributed by atoms with Gasteiger partial charge in [-0.15, -0.1) is 4.91 Å². The molecule has 0 radical (unpaired) electrons. The molecule has 0 saturated carbocycles. The minimum absolute atomic E-state index is 0.0328. The lowest BCUT2D eigenvalue weighted by Crippen LogP contribution is -2.15. The van der Waals surface area contributed by atoms with Crippen LogP contribution in [0.4, 0.5) is 11.5 Å². The average molecular weight is 320 g/mol. The zero-order valence-electron chi connectivity index (χ0n) is 12.3. The van der Waals surface area contributed by atoms with Crippen LogP contribution in [0, 0.1) is 11.8 Å². The number of aromatic nitrogens is 2. The second-order valence-electron chi connectivity index (χ2n) is 4.91. The quantitative estimate of drug-likeness (QED) is 0.819. The molecular weight excluding hydrogens is 304 g/mol. The highest BCUT2D eigenvalue weighted by molar-refractivity contribution is 7.90. The number of nitroso groups, excluding NO2 is 1. The Morgan fingerprint density at radius 1 is 1.18 bits per heavy atom. The third kappa shape index (κ3) is 4.59.